The maximum atomic E-state index is 12.3. The van der Waals surface area contributed by atoms with Gasteiger partial charge in [-0.3, -0.25) is 4.79 Å². The standard InChI is InChI=1S/C18H19ClN2O/c1-12(21-18(22)16-8-9-20-17(19)11-16)14-7-6-13-4-2-3-5-15(13)10-14/h6-12H,2-5H2,1H3,(H,21,22). The third-order valence-electron chi connectivity index (χ3n) is 4.21. The van der Waals surface area contributed by atoms with Gasteiger partial charge in [-0.1, -0.05) is 29.8 Å². The van der Waals surface area contributed by atoms with E-state index < -0.39 is 0 Å². The Balaban J connectivity index is 1.74. The van der Waals surface area contributed by atoms with E-state index in [9.17, 15) is 4.79 Å². The van der Waals surface area contributed by atoms with E-state index in [1.807, 2.05) is 6.92 Å². The van der Waals surface area contributed by atoms with E-state index in [4.69, 9.17) is 11.6 Å². The van der Waals surface area contributed by atoms with E-state index >= 15 is 0 Å². The number of nitrogens with zero attached hydrogens (tertiary/aromatic N) is 1. The Hall–Kier alpha value is -1.87. The molecule has 4 heteroatoms. The van der Waals surface area contributed by atoms with Gasteiger partial charge in [0.15, 0.2) is 0 Å². The minimum absolute atomic E-state index is 0.0355. The number of carbonyl (C=O) groups excluding carboxylic acids is 1. The van der Waals surface area contributed by atoms with Crippen LogP contribution in [0.15, 0.2) is 36.5 Å². The lowest BCUT2D eigenvalue weighted by atomic mass is 9.89. The number of aryl methyl sites for hydroxylation is 2. The molecule has 0 fully saturated rings. The number of hydrogen-bond donors (Lipinski definition) is 1. The Morgan fingerprint density at radius 3 is 2.73 bits per heavy atom. The molecule has 0 saturated heterocycles. The number of nitrogens with one attached hydrogen (secondary N) is 1. The first-order chi connectivity index (χ1) is 10.6. The van der Waals surface area contributed by atoms with Crippen LogP contribution in [0.1, 0.15) is 52.9 Å². The molecule has 1 atom stereocenters. The lowest BCUT2D eigenvalue weighted by Gasteiger charge is -2.20. The van der Waals surface area contributed by atoms with Crippen molar-refractivity contribution < 1.29 is 4.79 Å². The highest BCUT2D eigenvalue weighted by molar-refractivity contribution is 6.29. The summed E-state index contributed by atoms with van der Waals surface area (Å²) in [6.45, 7) is 2.01. The predicted molar refractivity (Wildman–Crippen MR) is 88.2 cm³/mol. The Morgan fingerprint density at radius 1 is 1.18 bits per heavy atom. The molecular formula is C18H19ClN2O. The number of pyridine rings is 1. The molecule has 1 aliphatic rings. The summed E-state index contributed by atoms with van der Waals surface area (Å²) >= 11 is 5.83. The van der Waals surface area contributed by atoms with Gasteiger partial charge < -0.3 is 5.32 Å². The minimum atomic E-state index is -0.130. The number of carbonyl (C=O) groups is 1. The normalized spacial score (nSPS) is 15.0. The van der Waals surface area contributed by atoms with Crippen molar-refractivity contribution in [3.05, 3.63) is 63.9 Å². The summed E-state index contributed by atoms with van der Waals surface area (Å²) in [6.07, 6.45) is 6.39. The fourth-order valence-electron chi connectivity index (χ4n) is 2.93. The van der Waals surface area contributed by atoms with Gasteiger partial charge in [0.2, 0.25) is 0 Å². The van der Waals surface area contributed by atoms with Crippen molar-refractivity contribution in [3.63, 3.8) is 0 Å². The van der Waals surface area contributed by atoms with Crippen LogP contribution in [0, 0.1) is 0 Å². The van der Waals surface area contributed by atoms with Crippen LogP contribution in [-0.2, 0) is 12.8 Å². The van der Waals surface area contributed by atoms with Crippen molar-refractivity contribution >= 4 is 17.5 Å². The molecule has 1 aliphatic carbocycles. The lowest BCUT2D eigenvalue weighted by Crippen LogP contribution is -2.26. The van der Waals surface area contributed by atoms with Crippen molar-refractivity contribution in [2.75, 3.05) is 0 Å². The molecule has 22 heavy (non-hydrogen) atoms. The monoisotopic (exact) mass is 314 g/mol. The smallest absolute Gasteiger partial charge is 0.251 e. The largest absolute Gasteiger partial charge is 0.346 e. The zero-order chi connectivity index (χ0) is 15.5. The van der Waals surface area contributed by atoms with E-state index in [1.54, 1.807) is 18.3 Å². The molecule has 3 nitrogen and oxygen atoms in total. The van der Waals surface area contributed by atoms with Crippen molar-refractivity contribution in [2.24, 2.45) is 0 Å². The van der Waals surface area contributed by atoms with Crippen molar-refractivity contribution in [2.45, 2.75) is 38.6 Å². The number of rotatable bonds is 3. The summed E-state index contributed by atoms with van der Waals surface area (Å²) in [5, 5.41) is 3.35. The zero-order valence-corrected chi connectivity index (χ0v) is 13.4. The van der Waals surface area contributed by atoms with Gasteiger partial charge in [0.25, 0.3) is 5.91 Å². The highest BCUT2D eigenvalue weighted by atomic mass is 35.5. The van der Waals surface area contributed by atoms with E-state index in [-0.39, 0.29) is 11.9 Å². The van der Waals surface area contributed by atoms with E-state index in [0.29, 0.717) is 10.7 Å². The summed E-state index contributed by atoms with van der Waals surface area (Å²) < 4.78 is 0. The first-order valence-corrected chi connectivity index (χ1v) is 8.05. The quantitative estimate of drug-likeness (QED) is 0.866. The van der Waals surface area contributed by atoms with Gasteiger partial charge in [0.05, 0.1) is 6.04 Å². The molecule has 1 aromatic heterocycles. The topological polar surface area (TPSA) is 42.0 Å². The lowest BCUT2D eigenvalue weighted by molar-refractivity contribution is 0.0939. The molecule has 1 heterocycles. The fraction of sp³-hybridized carbons (Fsp3) is 0.333. The van der Waals surface area contributed by atoms with Gasteiger partial charge in [-0.15, -0.1) is 0 Å². The summed E-state index contributed by atoms with van der Waals surface area (Å²) in [5.74, 6) is -0.130. The first kappa shape index (κ1) is 15.0. The molecule has 0 bridgehead atoms. The highest BCUT2D eigenvalue weighted by Crippen LogP contribution is 2.25. The molecule has 1 amide bonds. The van der Waals surface area contributed by atoms with Crippen LogP contribution in [-0.4, -0.2) is 10.9 Å². The maximum absolute atomic E-state index is 12.3. The second-order valence-electron chi connectivity index (χ2n) is 5.80. The Bertz CT molecular complexity index is 699. The zero-order valence-electron chi connectivity index (χ0n) is 12.6. The van der Waals surface area contributed by atoms with E-state index in [1.165, 1.54) is 30.4 Å². The van der Waals surface area contributed by atoms with Gasteiger partial charge in [-0.25, -0.2) is 4.98 Å². The summed E-state index contributed by atoms with van der Waals surface area (Å²) in [6, 6.07) is 9.77. The Morgan fingerprint density at radius 2 is 1.95 bits per heavy atom. The number of aromatic nitrogens is 1. The van der Waals surface area contributed by atoms with Crippen LogP contribution in [0.5, 0.6) is 0 Å². The highest BCUT2D eigenvalue weighted by Gasteiger charge is 2.15. The summed E-state index contributed by atoms with van der Waals surface area (Å²) in [4.78, 5) is 16.2. The second-order valence-corrected chi connectivity index (χ2v) is 6.18. The molecule has 1 aromatic carbocycles. The van der Waals surface area contributed by atoms with Crippen molar-refractivity contribution in [1.82, 2.24) is 10.3 Å². The molecule has 1 N–H and O–H groups in total. The van der Waals surface area contributed by atoms with Crippen molar-refractivity contribution in [3.8, 4) is 0 Å². The van der Waals surface area contributed by atoms with Crippen LogP contribution < -0.4 is 5.32 Å². The number of hydrogen-bond acceptors (Lipinski definition) is 2. The third kappa shape index (κ3) is 3.30. The van der Waals surface area contributed by atoms with E-state index in [2.05, 4.69) is 28.5 Å². The van der Waals surface area contributed by atoms with Gasteiger partial charge >= 0.3 is 0 Å². The van der Waals surface area contributed by atoms with Gasteiger partial charge in [-0.2, -0.15) is 0 Å². The fourth-order valence-corrected chi connectivity index (χ4v) is 3.10. The van der Waals surface area contributed by atoms with Crippen LogP contribution in [0.25, 0.3) is 0 Å². The average molecular weight is 315 g/mol. The van der Waals surface area contributed by atoms with Gasteiger partial charge in [-0.05, 0) is 61.4 Å². The second kappa shape index (κ2) is 6.49. The molecule has 0 aliphatic heterocycles. The summed E-state index contributed by atoms with van der Waals surface area (Å²) in [5.41, 5.74) is 4.56. The molecule has 3 rings (SSSR count). The van der Waals surface area contributed by atoms with Crippen LogP contribution in [0.4, 0.5) is 0 Å². The third-order valence-corrected chi connectivity index (χ3v) is 4.42. The minimum Gasteiger partial charge on any atom is -0.346 e. The van der Waals surface area contributed by atoms with Gasteiger partial charge in [0, 0.05) is 11.8 Å². The summed E-state index contributed by atoms with van der Waals surface area (Å²) in [7, 11) is 0. The van der Waals surface area contributed by atoms with E-state index in [0.717, 1.165) is 12.0 Å². The maximum Gasteiger partial charge on any atom is 0.251 e. The first-order valence-electron chi connectivity index (χ1n) is 7.67. The van der Waals surface area contributed by atoms with Crippen LogP contribution in [0.2, 0.25) is 5.15 Å². The molecule has 0 radical (unpaired) electrons. The van der Waals surface area contributed by atoms with Crippen LogP contribution in [0.3, 0.4) is 0 Å². The molecule has 114 valence electrons. The molecule has 0 saturated carbocycles. The molecule has 0 spiro atoms. The van der Waals surface area contributed by atoms with Crippen LogP contribution >= 0.6 is 11.6 Å². The molecule has 1 unspecified atom stereocenters. The number of halogens is 1. The Labute approximate surface area is 135 Å². The van der Waals surface area contributed by atoms with Crippen molar-refractivity contribution in [1.29, 1.82) is 0 Å². The average Bonchev–Trinajstić information content (AvgIpc) is 2.54. The number of amides is 1. The molecular weight excluding hydrogens is 296 g/mol. The Kier molecular flexibility index (Phi) is 4.44. The molecule has 2 aromatic rings. The number of fused-ring (bicyclic) bond motifs is 1. The number of benzene rings is 1. The van der Waals surface area contributed by atoms with Gasteiger partial charge in [0.1, 0.15) is 5.15 Å². The predicted octanol–water partition coefficient (Wildman–Crippen LogP) is 4.10. The SMILES string of the molecule is CC(NC(=O)c1ccnc(Cl)c1)c1ccc2c(c1)CCCC2.